The SMILES string of the molecule is CCN(Cc1nc2ccccc2c(=O)[nH]1)C[C@@H](O)COc1ccc(C)cc1. The van der Waals surface area contributed by atoms with Crippen LogP contribution < -0.4 is 10.3 Å². The monoisotopic (exact) mass is 367 g/mol. The van der Waals surface area contributed by atoms with Gasteiger partial charge in [0.15, 0.2) is 0 Å². The molecule has 0 radical (unpaired) electrons. The summed E-state index contributed by atoms with van der Waals surface area (Å²) in [6.07, 6.45) is -0.640. The predicted octanol–water partition coefficient (Wildman–Crippen LogP) is 2.49. The zero-order valence-corrected chi connectivity index (χ0v) is 15.7. The zero-order chi connectivity index (χ0) is 19.2. The third-order valence-corrected chi connectivity index (χ3v) is 4.41. The van der Waals surface area contributed by atoms with E-state index in [0.717, 1.165) is 17.9 Å². The number of benzene rings is 2. The van der Waals surface area contributed by atoms with Gasteiger partial charge in [0, 0.05) is 6.54 Å². The quantitative estimate of drug-likeness (QED) is 0.640. The minimum absolute atomic E-state index is 0.144. The molecule has 1 atom stereocenters. The lowest BCUT2D eigenvalue weighted by atomic mass is 10.2. The topological polar surface area (TPSA) is 78.5 Å². The molecule has 0 aliphatic carbocycles. The Morgan fingerprint density at radius 1 is 1.19 bits per heavy atom. The molecule has 6 heteroatoms. The normalized spacial score (nSPS) is 12.4. The van der Waals surface area contributed by atoms with Crippen molar-refractivity contribution in [2.45, 2.75) is 26.5 Å². The highest BCUT2D eigenvalue weighted by Crippen LogP contribution is 2.12. The number of nitrogens with one attached hydrogen (secondary N) is 1. The molecule has 0 unspecified atom stereocenters. The second-order valence-corrected chi connectivity index (χ2v) is 6.64. The van der Waals surface area contributed by atoms with Gasteiger partial charge in [-0.25, -0.2) is 4.98 Å². The molecule has 1 heterocycles. The summed E-state index contributed by atoms with van der Waals surface area (Å²) in [7, 11) is 0. The molecule has 0 saturated heterocycles. The van der Waals surface area contributed by atoms with E-state index in [0.29, 0.717) is 29.8 Å². The summed E-state index contributed by atoms with van der Waals surface area (Å²) in [6, 6.07) is 15.0. The number of aromatic amines is 1. The van der Waals surface area contributed by atoms with E-state index in [1.165, 1.54) is 0 Å². The van der Waals surface area contributed by atoms with E-state index >= 15 is 0 Å². The van der Waals surface area contributed by atoms with E-state index in [2.05, 4.69) is 9.97 Å². The second-order valence-electron chi connectivity index (χ2n) is 6.64. The van der Waals surface area contributed by atoms with Gasteiger partial charge in [0.1, 0.15) is 24.3 Å². The number of nitrogens with zero attached hydrogens (tertiary/aromatic N) is 2. The van der Waals surface area contributed by atoms with Crippen molar-refractivity contribution in [3.63, 3.8) is 0 Å². The lowest BCUT2D eigenvalue weighted by Gasteiger charge is -2.23. The van der Waals surface area contributed by atoms with Crippen molar-refractivity contribution >= 4 is 10.9 Å². The molecule has 2 aromatic carbocycles. The number of aliphatic hydroxyl groups excluding tert-OH is 1. The first-order valence-corrected chi connectivity index (χ1v) is 9.13. The molecule has 0 fully saturated rings. The van der Waals surface area contributed by atoms with Crippen LogP contribution in [-0.4, -0.2) is 45.8 Å². The fourth-order valence-electron chi connectivity index (χ4n) is 2.90. The van der Waals surface area contributed by atoms with Gasteiger partial charge in [0.2, 0.25) is 0 Å². The first kappa shape index (κ1) is 19.1. The highest BCUT2D eigenvalue weighted by molar-refractivity contribution is 5.77. The van der Waals surface area contributed by atoms with E-state index < -0.39 is 6.10 Å². The number of H-pyrrole nitrogens is 1. The summed E-state index contributed by atoms with van der Waals surface area (Å²) in [5, 5.41) is 10.9. The Morgan fingerprint density at radius 3 is 2.67 bits per heavy atom. The van der Waals surface area contributed by atoms with E-state index in [4.69, 9.17) is 4.74 Å². The largest absolute Gasteiger partial charge is 0.491 e. The van der Waals surface area contributed by atoms with Crippen molar-refractivity contribution in [3.8, 4) is 5.75 Å². The van der Waals surface area contributed by atoms with Gasteiger partial charge in [-0.1, -0.05) is 36.8 Å². The highest BCUT2D eigenvalue weighted by atomic mass is 16.5. The van der Waals surface area contributed by atoms with Crippen molar-refractivity contribution in [2.24, 2.45) is 0 Å². The summed E-state index contributed by atoms with van der Waals surface area (Å²) >= 11 is 0. The van der Waals surface area contributed by atoms with Crippen LogP contribution in [0, 0.1) is 6.92 Å². The average molecular weight is 367 g/mol. The molecule has 3 rings (SSSR count). The van der Waals surface area contributed by atoms with Gasteiger partial charge in [-0.3, -0.25) is 9.69 Å². The van der Waals surface area contributed by atoms with E-state index in [1.54, 1.807) is 6.07 Å². The van der Waals surface area contributed by atoms with Crippen molar-refractivity contribution in [1.82, 2.24) is 14.9 Å². The third kappa shape index (κ3) is 5.15. The van der Waals surface area contributed by atoms with Crippen LogP contribution in [0.15, 0.2) is 53.3 Å². The number of aryl methyl sites for hydroxylation is 1. The van der Waals surface area contributed by atoms with Gasteiger partial charge >= 0.3 is 0 Å². The van der Waals surface area contributed by atoms with Crippen LogP contribution in [0.4, 0.5) is 0 Å². The maximum Gasteiger partial charge on any atom is 0.258 e. The Balaban J connectivity index is 1.60. The van der Waals surface area contributed by atoms with E-state index in [-0.39, 0.29) is 12.2 Å². The standard InChI is InChI=1S/C21H25N3O3/c1-3-24(12-16(25)14-27-17-10-8-15(2)9-11-17)13-20-22-19-7-5-4-6-18(19)21(26)23-20/h4-11,16,25H,3,12-14H2,1-2H3,(H,22,23,26)/t16-/m1/s1. The van der Waals surface area contributed by atoms with Crippen LogP contribution in [-0.2, 0) is 6.54 Å². The maximum absolute atomic E-state index is 12.2. The molecule has 0 saturated carbocycles. The fourth-order valence-corrected chi connectivity index (χ4v) is 2.90. The minimum Gasteiger partial charge on any atom is -0.491 e. The summed E-state index contributed by atoms with van der Waals surface area (Å²) in [5.74, 6) is 1.33. The van der Waals surface area contributed by atoms with Gasteiger partial charge < -0.3 is 14.8 Å². The van der Waals surface area contributed by atoms with Crippen LogP contribution in [0.1, 0.15) is 18.3 Å². The Hall–Kier alpha value is -2.70. The van der Waals surface area contributed by atoms with Crippen LogP contribution in [0.25, 0.3) is 10.9 Å². The van der Waals surface area contributed by atoms with Crippen molar-refractivity contribution < 1.29 is 9.84 Å². The first-order valence-electron chi connectivity index (χ1n) is 9.13. The Morgan fingerprint density at radius 2 is 1.93 bits per heavy atom. The number of hydrogen-bond donors (Lipinski definition) is 2. The summed E-state index contributed by atoms with van der Waals surface area (Å²) in [6.45, 7) is 5.84. The molecule has 0 amide bonds. The average Bonchev–Trinajstić information content (AvgIpc) is 2.67. The molecule has 0 bridgehead atoms. The maximum atomic E-state index is 12.2. The van der Waals surface area contributed by atoms with E-state index in [1.807, 2.05) is 61.2 Å². The molecule has 27 heavy (non-hydrogen) atoms. The number of para-hydroxylation sites is 1. The first-order chi connectivity index (χ1) is 13.0. The molecule has 3 aromatic rings. The summed E-state index contributed by atoms with van der Waals surface area (Å²) < 4.78 is 5.65. The number of likely N-dealkylation sites (N-methyl/N-ethyl adjacent to an activating group) is 1. The molecule has 0 spiro atoms. The molecule has 142 valence electrons. The lowest BCUT2D eigenvalue weighted by Crippen LogP contribution is -2.36. The molecular formula is C21H25N3O3. The van der Waals surface area contributed by atoms with Crippen molar-refractivity contribution in [3.05, 3.63) is 70.3 Å². The molecule has 0 aliphatic rings. The summed E-state index contributed by atoms with van der Waals surface area (Å²) in [5.41, 5.74) is 1.70. The van der Waals surface area contributed by atoms with Gasteiger partial charge in [0.05, 0.1) is 17.4 Å². The smallest absolute Gasteiger partial charge is 0.258 e. The van der Waals surface area contributed by atoms with Gasteiger partial charge in [0.25, 0.3) is 5.56 Å². The lowest BCUT2D eigenvalue weighted by molar-refractivity contribution is 0.0666. The molecular weight excluding hydrogens is 342 g/mol. The van der Waals surface area contributed by atoms with Crippen LogP contribution in [0.2, 0.25) is 0 Å². The van der Waals surface area contributed by atoms with Crippen molar-refractivity contribution in [1.29, 1.82) is 0 Å². The van der Waals surface area contributed by atoms with Gasteiger partial charge in [-0.05, 0) is 37.7 Å². The summed E-state index contributed by atoms with van der Waals surface area (Å²) in [4.78, 5) is 21.6. The highest BCUT2D eigenvalue weighted by Gasteiger charge is 2.13. The van der Waals surface area contributed by atoms with Crippen molar-refractivity contribution in [2.75, 3.05) is 19.7 Å². The fraction of sp³-hybridized carbons (Fsp3) is 0.333. The Bertz CT molecular complexity index is 937. The number of rotatable bonds is 8. The van der Waals surface area contributed by atoms with Gasteiger partial charge in [-0.2, -0.15) is 0 Å². The second kappa shape index (κ2) is 8.79. The Kier molecular flexibility index (Phi) is 6.21. The predicted molar refractivity (Wildman–Crippen MR) is 106 cm³/mol. The van der Waals surface area contributed by atoms with Crippen LogP contribution in [0.3, 0.4) is 0 Å². The van der Waals surface area contributed by atoms with Gasteiger partial charge in [-0.15, -0.1) is 0 Å². The minimum atomic E-state index is -0.640. The third-order valence-electron chi connectivity index (χ3n) is 4.41. The van der Waals surface area contributed by atoms with Crippen LogP contribution >= 0.6 is 0 Å². The van der Waals surface area contributed by atoms with E-state index in [9.17, 15) is 9.90 Å². The number of aliphatic hydroxyl groups is 1. The number of hydrogen-bond acceptors (Lipinski definition) is 5. The number of aromatic nitrogens is 2. The number of fused-ring (bicyclic) bond motifs is 1. The number of ether oxygens (including phenoxy) is 1. The van der Waals surface area contributed by atoms with Crippen LogP contribution in [0.5, 0.6) is 5.75 Å². The molecule has 0 aliphatic heterocycles. The molecule has 2 N–H and O–H groups in total. The zero-order valence-electron chi connectivity index (χ0n) is 15.7. The molecule has 6 nitrogen and oxygen atoms in total. The molecule has 1 aromatic heterocycles. The Labute approximate surface area is 158 Å².